The number of nitrogens with one attached hydrogen (secondary N) is 1. The smallest absolute Gasteiger partial charge is 0.228 e. The first-order valence-electron chi connectivity index (χ1n) is 8.37. The SMILES string of the molecule is CC(C)CCNC1CC(CCO)CN(C(=O)C(C)(C)C)C1. The standard InChI is InChI=1S/C17H34N2O2/c1-13(2)6-8-18-15-10-14(7-9-20)11-19(12-15)16(21)17(3,4)5/h13-15,18,20H,6-12H2,1-5H3. The molecule has 0 aromatic heterocycles. The van der Waals surface area contributed by atoms with Gasteiger partial charge in [-0.1, -0.05) is 34.6 Å². The monoisotopic (exact) mass is 298 g/mol. The molecule has 0 aromatic carbocycles. The van der Waals surface area contributed by atoms with Crippen LogP contribution in [0, 0.1) is 17.3 Å². The molecule has 1 amide bonds. The normalized spacial score (nSPS) is 23.7. The van der Waals surface area contributed by atoms with Gasteiger partial charge < -0.3 is 15.3 Å². The second-order valence-electron chi connectivity index (χ2n) is 7.91. The quantitative estimate of drug-likeness (QED) is 0.791. The number of hydrogen-bond acceptors (Lipinski definition) is 3. The molecule has 2 unspecified atom stereocenters. The van der Waals surface area contributed by atoms with Gasteiger partial charge in [-0.2, -0.15) is 0 Å². The Labute approximate surface area is 130 Å². The molecule has 1 aliphatic heterocycles. The average Bonchev–Trinajstić information content (AvgIpc) is 2.36. The van der Waals surface area contributed by atoms with E-state index in [0.717, 1.165) is 38.9 Å². The van der Waals surface area contributed by atoms with E-state index in [9.17, 15) is 9.90 Å². The van der Waals surface area contributed by atoms with Crippen molar-refractivity contribution in [2.45, 2.75) is 59.9 Å². The van der Waals surface area contributed by atoms with E-state index >= 15 is 0 Å². The summed E-state index contributed by atoms with van der Waals surface area (Å²) in [7, 11) is 0. The van der Waals surface area contributed by atoms with Crippen LogP contribution in [0.25, 0.3) is 0 Å². The molecule has 124 valence electrons. The molecule has 0 aromatic rings. The van der Waals surface area contributed by atoms with Gasteiger partial charge in [0.1, 0.15) is 0 Å². The van der Waals surface area contributed by atoms with E-state index in [1.165, 1.54) is 0 Å². The zero-order chi connectivity index (χ0) is 16.0. The molecule has 0 saturated carbocycles. The van der Waals surface area contributed by atoms with Crippen molar-refractivity contribution in [1.29, 1.82) is 0 Å². The highest BCUT2D eigenvalue weighted by Crippen LogP contribution is 2.25. The number of amides is 1. The topological polar surface area (TPSA) is 52.6 Å². The molecule has 1 saturated heterocycles. The van der Waals surface area contributed by atoms with Crippen molar-refractivity contribution in [3.63, 3.8) is 0 Å². The van der Waals surface area contributed by atoms with Crippen LogP contribution in [-0.2, 0) is 4.79 Å². The van der Waals surface area contributed by atoms with Crippen molar-refractivity contribution in [1.82, 2.24) is 10.2 Å². The minimum Gasteiger partial charge on any atom is -0.396 e. The zero-order valence-electron chi connectivity index (χ0n) is 14.5. The van der Waals surface area contributed by atoms with Crippen LogP contribution in [0.15, 0.2) is 0 Å². The van der Waals surface area contributed by atoms with E-state index < -0.39 is 0 Å². The number of aliphatic hydroxyl groups is 1. The maximum atomic E-state index is 12.5. The van der Waals surface area contributed by atoms with Crippen molar-refractivity contribution >= 4 is 5.91 Å². The van der Waals surface area contributed by atoms with Crippen molar-refractivity contribution in [2.24, 2.45) is 17.3 Å². The minimum absolute atomic E-state index is 0.209. The van der Waals surface area contributed by atoms with Gasteiger partial charge in [0.25, 0.3) is 0 Å². The Kier molecular flexibility index (Phi) is 7.14. The first kappa shape index (κ1) is 18.4. The van der Waals surface area contributed by atoms with Crippen LogP contribution >= 0.6 is 0 Å². The Morgan fingerprint density at radius 2 is 2.00 bits per heavy atom. The first-order chi connectivity index (χ1) is 9.74. The molecule has 4 nitrogen and oxygen atoms in total. The maximum absolute atomic E-state index is 12.5. The van der Waals surface area contributed by atoms with Crippen molar-refractivity contribution in [3.8, 4) is 0 Å². The lowest BCUT2D eigenvalue weighted by Crippen LogP contribution is -2.54. The predicted octanol–water partition coefficient (Wildman–Crippen LogP) is 2.27. The zero-order valence-corrected chi connectivity index (χ0v) is 14.5. The molecule has 0 bridgehead atoms. The summed E-state index contributed by atoms with van der Waals surface area (Å²) in [5.74, 6) is 1.33. The largest absolute Gasteiger partial charge is 0.396 e. The third-order valence-corrected chi connectivity index (χ3v) is 4.16. The van der Waals surface area contributed by atoms with Crippen LogP contribution in [0.4, 0.5) is 0 Å². The highest BCUT2D eigenvalue weighted by Gasteiger charge is 2.34. The van der Waals surface area contributed by atoms with E-state index in [0.29, 0.717) is 17.9 Å². The van der Waals surface area contributed by atoms with E-state index in [-0.39, 0.29) is 17.9 Å². The van der Waals surface area contributed by atoms with Crippen LogP contribution in [0.5, 0.6) is 0 Å². The van der Waals surface area contributed by atoms with Gasteiger partial charge in [-0.3, -0.25) is 4.79 Å². The summed E-state index contributed by atoms with van der Waals surface area (Å²) >= 11 is 0. The molecule has 2 atom stereocenters. The van der Waals surface area contributed by atoms with Crippen molar-refractivity contribution < 1.29 is 9.90 Å². The van der Waals surface area contributed by atoms with Gasteiger partial charge in [-0.05, 0) is 37.6 Å². The maximum Gasteiger partial charge on any atom is 0.228 e. The van der Waals surface area contributed by atoms with E-state index in [2.05, 4.69) is 19.2 Å². The Balaban J connectivity index is 2.61. The van der Waals surface area contributed by atoms with Gasteiger partial charge >= 0.3 is 0 Å². The molecule has 0 spiro atoms. The van der Waals surface area contributed by atoms with E-state index in [1.54, 1.807) is 0 Å². The Bertz CT molecular complexity index is 323. The summed E-state index contributed by atoms with van der Waals surface area (Å²) in [4.78, 5) is 14.5. The fourth-order valence-electron chi connectivity index (χ4n) is 2.96. The number of nitrogens with zero attached hydrogens (tertiary/aromatic N) is 1. The lowest BCUT2D eigenvalue weighted by Gasteiger charge is -2.40. The second-order valence-corrected chi connectivity index (χ2v) is 7.91. The van der Waals surface area contributed by atoms with Crippen LogP contribution in [0.2, 0.25) is 0 Å². The number of hydrogen-bond donors (Lipinski definition) is 2. The number of rotatable bonds is 6. The Morgan fingerprint density at radius 1 is 1.33 bits per heavy atom. The second kappa shape index (κ2) is 8.14. The third-order valence-electron chi connectivity index (χ3n) is 4.16. The summed E-state index contributed by atoms with van der Waals surface area (Å²) in [5, 5.41) is 12.8. The molecular formula is C17H34N2O2. The molecular weight excluding hydrogens is 264 g/mol. The van der Waals surface area contributed by atoms with Crippen molar-refractivity contribution in [3.05, 3.63) is 0 Å². The molecule has 0 aliphatic carbocycles. The van der Waals surface area contributed by atoms with E-state index in [1.807, 2.05) is 25.7 Å². The minimum atomic E-state index is -0.330. The highest BCUT2D eigenvalue weighted by atomic mass is 16.3. The number of carbonyl (C=O) groups is 1. The highest BCUT2D eigenvalue weighted by molar-refractivity contribution is 5.81. The summed E-state index contributed by atoms with van der Waals surface area (Å²) in [5.41, 5.74) is -0.330. The summed E-state index contributed by atoms with van der Waals surface area (Å²) < 4.78 is 0. The Hall–Kier alpha value is -0.610. The van der Waals surface area contributed by atoms with Crippen molar-refractivity contribution in [2.75, 3.05) is 26.2 Å². The first-order valence-corrected chi connectivity index (χ1v) is 8.37. The molecule has 1 heterocycles. The van der Waals surface area contributed by atoms with Crippen LogP contribution < -0.4 is 5.32 Å². The van der Waals surface area contributed by atoms with Gasteiger partial charge in [0.2, 0.25) is 5.91 Å². The molecule has 4 heteroatoms. The Morgan fingerprint density at radius 3 is 2.52 bits per heavy atom. The van der Waals surface area contributed by atoms with Gasteiger partial charge in [-0.25, -0.2) is 0 Å². The molecule has 0 radical (unpaired) electrons. The fourth-order valence-corrected chi connectivity index (χ4v) is 2.96. The molecule has 1 fully saturated rings. The average molecular weight is 298 g/mol. The summed E-state index contributed by atoms with van der Waals surface area (Å²) in [6.07, 6.45) is 3.01. The molecule has 1 aliphatic rings. The molecule has 2 N–H and O–H groups in total. The third kappa shape index (κ3) is 6.35. The van der Waals surface area contributed by atoms with Crippen LogP contribution in [0.3, 0.4) is 0 Å². The summed E-state index contributed by atoms with van der Waals surface area (Å²) in [6, 6.07) is 0.361. The van der Waals surface area contributed by atoms with Gasteiger partial charge in [-0.15, -0.1) is 0 Å². The predicted molar refractivity (Wildman–Crippen MR) is 87.1 cm³/mol. The fraction of sp³-hybridized carbons (Fsp3) is 0.941. The van der Waals surface area contributed by atoms with Gasteiger partial charge in [0, 0.05) is 31.2 Å². The lowest BCUT2D eigenvalue weighted by molar-refractivity contribution is -0.142. The lowest BCUT2D eigenvalue weighted by atomic mass is 9.88. The number of carbonyl (C=O) groups excluding carboxylic acids is 1. The van der Waals surface area contributed by atoms with E-state index in [4.69, 9.17) is 0 Å². The molecule has 1 rings (SSSR count). The van der Waals surface area contributed by atoms with Gasteiger partial charge in [0.15, 0.2) is 0 Å². The summed E-state index contributed by atoms with van der Waals surface area (Å²) in [6.45, 7) is 13.2. The molecule has 21 heavy (non-hydrogen) atoms. The number of likely N-dealkylation sites (tertiary alicyclic amines) is 1. The van der Waals surface area contributed by atoms with Crippen LogP contribution in [0.1, 0.15) is 53.9 Å². The van der Waals surface area contributed by atoms with Gasteiger partial charge in [0.05, 0.1) is 0 Å². The number of aliphatic hydroxyl groups excluding tert-OH is 1. The number of piperidine rings is 1. The van der Waals surface area contributed by atoms with Crippen LogP contribution in [-0.4, -0.2) is 48.2 Å².